The summed E-state index contributed by atoms with van der Waals surface area (Å²) in [4.78, 5) is 12.8. The molecule has 152 valence electrons. The smallest absolute Gasteiger partial charge is 0.243 e. The number of hydrogen-bond acceptors (Lipinski definition) is 4. The van der Waals surface area contributed by atoms with Crippen LogP contribution in [0.25, 0.3) is 11.0 Å². The molecule has 0 atom stereocenters. The number of fused-ring (bicyclic) bond motifs is 1. The van der Waals surface area contributed by atoms with Crippen LogP contribution in [0.15, 0.2) is 58.0 Å². The molecule has 0 unspecified atom stereocenters. The maximum atomic E-state index is 12.9. The molecule has 3 aromatic rings. The highest BCUT2D eigenvalue weighted by atomic mass is 32.2. The fraction of sp³-hybridized carbons (Fsp3) is 0.318. The lowest BCUT2D eigenvalue weighted by Gasteiger charge is -2.26. The molecule has 2 heterocycles. The molecule has 0 aliphatic carbocycles. The van der Waals surface area contributed by atoms with Gasteiger partial charge in [-0.05, 0) is 49.6 Å². The average molecular weight is 413 g/mol. The Morgan fingerprint density at radius 2 is 1.90 bits per heavy atom. The lowest BCUT2D eigenvalue weighted by molar-refractivity contribution is -0.115. The summed E-state index contributed by atoms with van der Waals surface area (Å²) >= 11 is 0. The Kier molecular flexibility index (Phi) is 5.43. The van der Waals surface area contributed by atoms with Crippen LogP contribution in [-0.4, -0.2) is 31.7 Å². The normalized spacial score (nSPS) is 15.5. The number of amides is 1. The quantitative estimate of drug-likeness (QED) is 0.684. The number of furan rings is 1. The van der Waals surface area contributed by atoms with Crippen molar-refractivity contribution in [1.82, 2.24) is 4.31 Å². The Morgan fingerprint density at radius 1 is 1.10 bits per heavy atom. The zero-order valence-corrected chi connectivity index (χ0v) is 17.2. The second kappa shape index (κ2) is 8.00. The molecule has 1 aromatic heterocycles. The lowest BCUT2D eigenvalue weighted by Crippen LogP contribution is -2.35. The van der Waals surface area contributed by atoms with Gasteiger partial charge < -0.3 is 9.73 Å². The molecule has 0 bridgehead atoms. The number of nitrogens with zero attached hydrogens (tertiary/aromatic N) is 1. The van der Waals surface area contributed by atoms with Crippen molar-refractivity contribution >= 4 is 32.6 Å². The van der Waals surface area contributed by atoms with Crippen molar-refractivity contribution in [3.63, 3.8) is 0 Å². The van der Waals surface area contributed by atoms with Gasteiger partial charge in [-0.3, -0.25) is 4.79 Å². The van der Waals surface area contributed by atoms with Gasteiger partial charge in [0.1, 0.15) is 5.58 Å². The summed E-state index contributed by atoms with van der Waals surface area (Å²) in [7, 11) is -3.54. The molecular formula is C22H24N2O4S. The van der Waals surface area contributed by atoms with Crippen molar-refractivity contribution in [2.75, 3.05) is 18.4 Å². The van der Waals surface area contributed by atoms with Crippen LogP contribution in [0.5, 0.6) is 0 Å². The second-order valence-electron chi connectivity index (χ2n) is 7.48. The second-order valence-corrected chi connectivity index (χ2v) is 9.42. The first-order chi connectivity index (χ1) is 13.9. The topological polar surface area (TPSA) is 79.6 Å². The molecule has 29 heavy (non-hydrogen) atoms. The van der Waals surface area contributed by atoms with Crippen LogP contribution in [0.1, 0.15) is 30.4 Å². The van der Waals surface area contributed by atoms with Gasteiger partial charge in [0.05, 0.1) is 17.6 Å². The molecule has 4 rings (SSSR count). The van der Waals surface area contributed by atoms with Gasteiger partial charge in [-0.2, -0.15) is 4.31 Å². The van der Waals surface area contributed by atoms with E-state index >= 15 is 0 Å². The predicted molar refractivity (Wildman–Crippen MR) is 112 cm³/mol. The highest BCUT2D eigenvalue weighted by Crippen LogP contribution is 2.25. The fourth-order valence-electron chi connectivity index (χ4n) is 3.69. The Balaban J connectivity index is 1.49. The van der Waals surface area contributed by atoms with Crippen LogP contribution >= 0.6 is 0 Å². The van der Waals surface area contributed by atoms with Crippen molar-refractivity contribution in [1.29, 1.82) is 0 Å². The van der Waals surface area contributed by atoms with Gasteiger partial charge in [-0.25, -0.2) is 8.42 Å². The average Bonchev–Trinajstić information content (AvgIpc) is 3.10. The minimum Gasteiger partial charge on any atom is -0.464 e. The standard InChI is InChI=1S/C22H24N2O4S/c1-16-8-9-20-17(15-28-21(20)12-16)13-22(25)23-18-6-5-7-19(14-18)29(26,27)24-10-3-2-4-11-24/h5-9,12,14-15H,2-4,10-11,13H2,1H3,(H,23,25). The molecule has 1 aliphatic rings. The lowest BCUT2D eigenvalue weighted by atomic mass is 10.1. The van der Waals surface area contributed by atoms with Gasteiger partial charge in [0.25, 0.3) is 0 Å². The number of sulfonamides is 1. The number of benzene rings is 2. The minimum atomic E-state index is -3.54. The van der Waals surface area contributed by atoms with E-state index in [0.29, 0.717) is 18.8 Å². The van der Waals surface area contributed by atoms with E-state index in [9.17, 15) is 13.2 Å². The van der Waals surface area contributed by atoms with E-state index in [1.807, 2.05) is 25.1 Å². The molecule has 2 aromatic carbocycles. The first-order valence-corrected chi connectivity index (χ1v) is 11.2. The van der Waals surface area contributed by atoms with E-state index in [-0.39, 0.29) is 17.2 Å². The molecule has 0 radical (unpaired) electrons. The van der Waals surface area contributed by atoms with E-state index < -0.39 is 10.0 Å². The van der Waals surface area contributed by atoms with Crippen LogP contribution in [0.2, 0.25) is 0 Å². The molecule has 1 amide bonds. The predicted octanol–water partition coefficient (Wildman–Crippen LogP) is 4.10. The van der Waals surface area contributed by atoms with Crippen molar-refractivity contribution in [2.45, 2.75) is 37.5 Å². The van der Waals surface area contributed by atoms with Crippen LogP contribution in [-0.2, 0) is 21.2 Å². The number of rotatable bonds is 5. The zero-order valence-electron chi connectivity index (χ0n) is 16.3. The molecule has 1 fully saturated rings. The highest BCUT2D eigenvalue weighted by molar-refractivity contribution is 7.89. The SMILES string of the molecule is Cc1ccc2c(CC(=O)Nc3cccc(S(=O)(=O)N4CCCCC4)c3)coc2c1. The maximum absolute atomic E-state index is 12.9. The van der Waals surface area contributed by atoms with Crippen molar-refractivity contribution in [3.8, 4) is 0 Å². The van der Waals surface area contributed by atoms with E-state index in [4.69, 9.17) is 4.42 Å². The van der Waals surface area contributed by atoms with E-state index in [0.717, 1.165) is 41.4 Å². The third-order valence-corrected chi connectivity index (χ3v) is 7.13. The van der Waals surface area contributed by atoms with Gasteiger partial charge in [0.15, 0.2) is 0 Å². The number of carbonyl (C=O) groups is 1. The van der Waals surface area contributed by atoms with E-state index in [2.05, 4.69) is 5.32 Å². The van der Waals surface area contributed by atoms with Gasteiger partial charge in [-0.1, -0.05) is 24.6 Å². The van der Waals surface area contributed by atoms with Gasteiger partial charge >= 0.3 is 0 Å². The van der Waals surface area contributed by atoms with E-state index in [1.165, 1.54) is 10.4 Å². The van der Waals surface area contributed by atoms with Gasteiger partial charge in [0, 0.05) is 29.7 Å². The first-order valence-electron chi connectivity index (χ1n) is 9.80. The maximum Gasteiger partial charge on any atom is 0.243 e. The van der Waals surface area contributed by atoms with Crippen LogP contribution < -0.4 is 5.32 Å². The van der Waals surface area contributed by atoms with E-state index in [1.54, 1.807) is 24.5 Å². The Labute approximate surface area is 170 Å². The Hall–Kier alpha value is -2.64. The number of aryl methyl sites for hydroxylation is 1. The van der Waals surface area contributed by atoms with Gasteiger partial charge in [0.2, 0.25) is 15.9 Å². The molecule has 7 heteroatoms. The third kappa shape index (κ3) is 4.21. The van der Waals surface area contributed by atoms with Crippen LogP contribution in [0, 0.1) is 6.92 Å². The minimum absolute atomic E-state index is 0.152. The summed E-state index contributed by atoms with van der Waals surface area (Å²) in [5, 5.41) is 3.72. The largest absolute Gasteiger partial charge is 0.464 e. The summed E-state index contributed by atoms with van der Waals surface area (Å²) in [5.74, 6) is -0.221. The summed E-state index contributed by atoms with van der Waals surface area (Å²) in [6, 6.07) is 12.3. The number of nitrogens with one attached hydrogen (secondary N) is 1. The molecule has 1 N–H and O–H groups in total. The molecule has 1 aliphatic heterocycles. The number of piperidine rings is 1. The molecule has 6 nitrogen and oxygen atoms in total. The van der Waals surface area contributed by atoms with Crippen molar-refractivity contribution in [2.24, 2.45) is 0 Å². The summed E-state index contributed by atoms with van der Waals surface area (Å²) in [6.45, 7) is 3.08. The summed E-state index contributed by atoms with van der Waals surface area (Å²) in [6.07, 6.45) is 4.58. The third-order valence-electron chi connectivity index (χ3n) is 5.23. The Bertz CT molecular complexity index is 1140. The van der Waals surface area contributed by atoms with Crippen LogP contribution in [0.3, 0.4) is 0 Å². The van der Waals surface area contributed by atoms with Crippen molar-refractivity contribution in [3.05, 3.63) is 59.9 Å². The number of carbonyl (C=O) groups excluding carboxylic acids is 1. The number of anilines is 1. The summed E-state index contributed by atoms with van der Waals surface area (Å²) < 4.78 is 32.8. The highest BCUT2D eigenvalue weighted by Gasteiger charge is 2.26. The monoisotopic (exact) mass is 412 g/mol. The fourth-order valence-corrected chi connectivity index (χ4v) is 5.26. The molecule has 0 spiro atoms. The zero-order chi connectivity index (χ0) is 20.4. The molecular weight excluding hydrogens is 388 g/mol. The van der Waals surface area contributed by atoms with Crippen LogP contribution in [0.4, 0.5) is 5.69 Å². The first kappa shape index (κ1) is 19.7. The molecule has 0 saturated carbocycles. The number of hydrogen-bond donors (Lipinski definition) is 1. The van der Waals surface area contributed by atoms with Crippen molar-refractivity contribution < 1.29 is 17.6 Å². The van der Waals surface area contributed by atoms with Gasteiger partial charge in [-0.15, -0.1) is 0 Å². The Morgan fingerprint density at radius 3 is 2.69 bits per heavy atom. The summed E-state index contributed by atoms with van der Waals surface area (Å²) in [5.41, 5.74) is 3.11. The molecule has 1 saturated heterocycles.